The quantitative estimate of drug-likeness (QED) is 0.808. The molecule has 1 unspecified atom stereocenters. The summed E-state index contributed by atoms with van der Waals surface area (Å²) in [4.78, 5) is 26.4. The van der Waals surface area contributed by atoms with Crippen LogP contribution in [0.1, 0.15) is 43.1 Å². The predicted molar refractivity (Wildman–Crippen MR) is 89.8 cm³/mol. The molecule has 116 valence electrons. The Bertz CT molecular complexity index is 723. The lowest BCUT2D eigenvalue weighted by Crippen LogP contribution is -2.41. The first-order valence-electron chi connectivity index (χ1n) is 7.00. The van der Waals surface area contributed by atoms with Crippen LogP contribution in [0, 0.1) is 5.92 Å². The second-order valence-electron chi connectivity index (χ2n) is 5.42. The van der Waals surface area contributed by atoms with Gasteiger partial charge in [-0.25, -0.2) is 0 Å². The van der Waals surface area contributed by atoms with Crippen LogP contribution in [-0.2, 0) is 12.8 Å². The highest BCUT2D eigenvalue weighted by Gasteiger charge is 2.21. The Morgan fingerprint density at radius 3 is 2.59 bits per heavy atom. The van der Waals surface area contributed by atoms with E-state index in [-0.39, 0.29) is 11.8 Å². The molecule has 2 aromatic heterocycles. The highest BCUT2D eigenvalue weighted by atomic mass is 35.5. The van der Waals surface area contributed by atoms with Crippen LogP contribution in [0.3, 0.4) is 0 Å². The third-order valence-electron chi connectivity index (χ3n) is 3.64. The molecule has 0 bridgehead atoms. The SMILES string of the molecule is CC1CCc2sc(C(=O)NNC(=O)c3ccc(Cl)s3)cc2C1. The van der Waals surface area contributed by atoms with Gasteiger partial charge in [0.1, 0.15) is 0 Å². The third kappa shape index (κ3) is 3.34. The van der Waals surface area contributed by atoms with Crippen molar-refractivity contribution in [3.8, 4) is 0 Å². The number of hydrazine groups is 1. The van der Waals surface area contributed by atoms with E-state index in [1.807, 2.05) is 6.07 Å². The van der Waals surface area contributed by atoms with Gasteiger partial charge in [-0.15, -0.1) is 22.7 Å². The van der Waals surface area contributed by atoms with Crippen molar-refractivity contribution >= 4 is 46.1 Å². The van der Waals surface area contributed by atoms with Gasteiger partial charge >= 0.3 is 0 Å². The molecule has 0 saturated heterocycles. The molecule has 3 rings (SSSR count). The summed E-state index contributed by atoms with van der Waals surface area (Å²) in [6, 6.07) is 5.22. The zero-order valence-electron chi connectivity index (χ0n) is 11.9. The molecule has 2 amide bonds. The molecule has 7 heteroatoms. The van der Waals surface area contributed by atoms with Gasteiger partial charge in [0.25, 0.3) is 11.8 Å². The summed E-state index contributed by atoms with van der Waals surface area (Å²) in [6.45, 7) is 2.23. The zero-order chi connectivity index (χ0) is 15.7. The minimum absolute atomic E-state index is 0.275. The Balaban J connectivity index is 1.62. The van der Waals surface area contributed by atoms with Crippen LogP contribution >= 0.6 is 34.3 Å². The molecular formula is C15H15ClN2O2S2. The highest BCUT2D eigenvalue weighted by Crippen LogP contribution is 2.32. The molecule has 0 radical (unpaired) electrons. The number of amides is 2. The number of rotatable bonds is 2. The van der Waals surface area contributed by atoms with Gasteiger partial charge in [-0.3, -0.25) is 20.4 Å². The number of nitrogens with one attached hydrogen (secondary N) is 2. The molecule has 2 N–H and O–H groups in total. The van der Waals surface area contributed by atoms with Gasteiger partial charge in [0, 0.05) is 4.88 Å². The van der Waals surface area contributed by atoms with Gasteiger partial charge in [0.15, 0.2) is 0 Å². The molecular weight excluding hydrogens is 340 g/mol. The van der Waals surface area contributed by atoms with E-state index in [0.29, 0.717) is 20.0 Å². The first-order chi connectivity index (χ1) is 10.5. The minimum atomic E-state index is -0.361. The normalized spacial score (nSPS) is 16.9. The Morgan fingerprint density at radius 2 is 1.91 bits per heavy atom. The summed E-state index contributed by atoms with van der Waals surface area (Å²) in [5.74, 6) is 0.0320. The van der Waals surface area contributed by atoms with E-state index in [2.05, 4.69) is 17.8 Å². The number of aryl methyl sites for hydroxylation is 1. The Morgan fingerprint density at radius 1 is 1.18 bits per heavy atom. The lowest BCUT2D eigenvalue weighted by Gasteiger charge is -2.16. The first kappa shape index (κ1) is 15.5. The van der Waals surface area contributed by atoms with E-state index in [1.54, 1.807) is 12.1 Å². The van der Waals surface area contributed by atoms with Crippen molar-refractivity contribution < 1.29 is 9.59 Å². The molecule has 2 aromatic rings. The summed E-state index contributed by atoms with van der Waals surface area (Å²) in [5, 5.41) is 0. The fourth-order valence-corrected chi connectivity index (χ4v) is 4.53. The van der Waals surface area contributed by atoms with E-state index in [9.17, 15) is 9.59 Å². The number of halogens is 1. The van der Waals surface area contributed by atoms with Crippen LogP contribution in [0.25, 0.3) is 0 Å². The molecule has 2 heterocycles. The lowest BCUT2D eigenvalue weighted by molar-refractivity contribution is 0.0851. The number of hydrogen-bond acceptors (Lipinski definition) is 4. The second-order valence-corrected chi connectivity index (χ2v) is 8.27. The topological polar surface area (TPSA) is 58.2 Å². The Hall–Kier alpha value is -1.37. The van der Waals surface area contributed by atoms with E-state index in [1.165, 1.54) is 39.5 Å². The van der Waals surface area contributed by atoms with Crippen molar-refractivity contribution in [2.45, 2.75) is 26.2 Å². The van der Waals surface area contributed by atoms with Crippen LogP contribution < -0.4 is 10.9 Å². The molecule has 1 aliphatic rings. The summed E-state index contributed by atoms with van der Waals surface area (Å²) >= 11 is 8.47. The highest BCUT2D eigenvalue weighted by molar-refractivity contribution is 7.18. The molecule has 4 nitrogen and oxygen atoms in total. The Kier molecular flexibility index (Phi) is 4.52. The number of hydrogen-bond donors (Lipinski definition) is 2. The lowest BCUT2D eigenvalue weighted by atomic mass is 9.90. The second kappa shape index (κ2) is 6.40. The van der Waals surface area contributed by atoms with Gasteiger partial charge in [-0.2, -0.15) is 0 Å². The maximum absolute atomic E-state index is 12.1. The van der Waals surface area contributed by atoms with E-state index in [4.69, 9.17) is 11.6 Å². The van der Waals surface area contributed by atoms with E-state index < -0.39 is 0 Å². The van der Waals surface area contributed by atoms with Gasteiger partial charge in [-0.1, -0.05) is 18.5 Å². The van der Waals surface area contributed by atoms with Crippen molar-refractivity contribution in [3.63, 3.8) is 0 Å². The molecule has 1 aliphatic carbocycles. The molecule has 0 aliphatic heterocycles. The number of carbonyl (C=O) groups excluding carboxylic acids is 2. The largest absolute Gasteiger partial charge is 0.279 e. The molecule has 0 saturated carbocycles. The molecule has 0 aromatic carbocycles. The maximum atomic E-state index is 12.1. The average molecular weight is 355 g/mol. The molecule has 0 fully saturated rings. The van der Waals surface area contributed by atoms with Crippen molar-refractivity contribution in [1.29, 1.82) is 0 Å². The third-order valence-corrected chi connectivity index (χ3v) is 6.11. The van der Waals surface area contributed by atoms with Crippen LogP contribution in [0.15, 0.2) is 18.2 Å². The summed E-state index contributed by atoms with van der Waals surface area (Å²) in [7, 11) is 0. The molecule has 22 heavy (non-hydrogen) atoms. The summed E-state index contributed by atoms with van der Waals surface area (Å²) in [6.07, 6.45) is 3.23. The number of thiophene rings is 2. The molecule has 1 atom stereocenters. The van der Waals surface area contributed by atoms with Crippen molar-refractivity contribution in [2.24, 2.45) is 5.92 Å². The van der Waals surface area contributed by atoms with Crippen molar-refractivity contribution in [1.82, 2.24) is 10.9 Å². The van der Waals surface area contributed by atoms with Crippen LogP contribution in [0.2, 0.25) is 4.34 Å². The smallest absolute Gasteiger partial charge is 0.266 e. The standard InChI is InChI=1S/C15H15ClN2O2S2/c1-8-2-3-10-9(6-8)7-12(21-10)15(20)18-17-14(19)11-4-5-13(16)22-11/h4-5,7-8H,2-3,6H2,1H3,(H,17,19)(H,18,20). The minimum Gasteiger partial charge on any atom is -0.266 e. The summed E-state index contributed by atoms with van der Waals surface area (Å²) in [5.41, 5.74) is 6.15. The molecule has 0 spiro atoms. The van der Waals surface area contributed by atoms with Gasteiger partial charge in [0.2, 0.25) is 0 Å². The number of fused-ring (bicyclic) bond motifs is 1. The van der Waals surface area contributed by atoms with Gasteiger partial charge < -0.3 is 0 Å². The monoisotopic (exact) mass is 354 g/mol. The van der Waals surface area contributed by atoms with Crippen molar-refractivity contribution in [3.05, 3.63) is 42.7 Å². The first-order valence-corrected chi connectivity index (χ1v) is 9.01. The van der Waals surface area contributed by atoms with Crippen molar-refractivity contribution in [2.75, 3.05) is 0 Å². The fraction of sp³-hybridized carbons (Fsp3) is 0.333. The van der Waals surface area contributed by atoms with E-state index in [0.717, 1.165) is 12.8 Å². The van der Waals surface area contributed by atoms with Gasteiger partial charge in [-0.05, 0) is 48.9 Å². The van der Waals surface area contributed by atoms with Crippen LogP contribution in [0.5, 0.6) is 0 Å². The number of carbonyl (C=O) groups is 2. The van der Waals surface area contributed by atoms with E-state index >= 15 is 0 Å². The summed E-state index contributed by atoms with van der Waals surface area (Å²) < 4.78 is 0.538. The van der Waals surface area contributed by atoms with Gasteiger partial charge in [0.05, 0.1) is 14.1 Å². The zero-order valence-corrected chi connectivity index (χ0v) is 14.3. The van der Waals surface area contributed by atoms with Crippen LogP contribution in [-0.4, -0.2) is 11.8 Å². The Labute approximate surface area is 141 Å². The average Bonchev–Trinajstić information content (AvgIpc) is 3.10. The maximum Gasteiger partial charge on any atom is 0.279 e. The van der Waals surface area contributed by atoms with Crippen LogP contribution in [0.4, 0.5) is 0 Å². The fourth-order valence-electron chi connectivity index (χ4n) is 2.49. The predicted octanol–water partition coefficient (Wildman–Crippen LogP) is 3.66.